The highest BCUT2D eigenvalue weighted by Crippen LogP contribution is 2.22. The summed E-state index contributed by atoms with van der Waals surface area (Å²) in [5, 5.41) is 17.6. The Bertz CT molecular complexity index is 288. The van der Waals surface area contributed by atoms with E-state index in [1.807, 2.05) is 0 Å². The molecule has 0 bridgehead atoms. The summed E-state index contributed by atoms with van der Waals surface area (Å²) in [5.74, 6) is -3.82. The first kappa shape index (κ1) is 15.7. The van der Waals surface area contributed by atoms with E-state index in [0.29, 0.717) is 0 Å². The molecule has 0 aromatic heterocycles. The van der Waals surface area contributed by atoms with E-state index in [9.17, 15) is 22.8 Å². The summed E-state index contributed by atoms with van der Waals surface area (Å²) in [6, 6.07) is -2.82. The van der Waals surface area contributed by atoms with Gasteiger partial charge in [-0.2, -0.15) is 13.2 Å². The lowest BCUT2D eigenvalue weighted by atomic mass is 10.1. The number of hydrogen-bond acceptors (Lipinski definition) is 3. The van der Waals surface area contributed by atoms with Crippen molar-refractivity contribution in [3.63, 3.8) is 0 Å². The van der Waals surface area contributed by atoms with Crippen LogP contribution in [0.25, 0.3) is 0 Å². The number of carbonyl (C=O) groups excluding carboxylic acids is 1. The molecule has 0 aliphatic carbocycles. The molecule has 1 amide bonds. The van der Waals surface area contributed by atoms with E-state index < -0.39 is 36.7 Å². The lowest BCUT2D eigenvalue weighted by Crippen LogP contribution is -2.55. The Morgan fingerprint density at radius 1 is 1.35 bits per heavy atom. The zero-order valence-electron chi connectivity index (χ0n) is 9.36. The molecule has 100 valence electrons. The van der Waals surface area contributed by atoms with E-state index in [4.69, 9.17) is 10.2 Å². The highest BCUT2D eigenvalue weighted by Gasteiger charge is 2.47. The minimum atomic E-state index is -5.16. The monoisotopic (exact) mass is 257 g/mol. The number of halogens is 3. The molecule has 0 heterocycles. The second-order valence-corrected chi connectivity index (χ2v) is 3.47. The predicted octanol–water partition coefficient (Wildman–Crippen LogP) is 0.621. The zero-order chi connectivity index (χ0) is 13.8. The summed E-state index contributed by atoms with van der Waals surface area (Å²) in [7, 11) is 0. The predicted molar refractivity (Wildman–Crippen MR) is 51.2 cm³/mol. The van der Waals surface area contributed by atoms with Gasteiger partial charge < -0.3 is 15.1 Å². The van der Waals surface area contributed by atoms with Gasteiger partial charge in [0, 0.05) is 0 Å². The molecule has 0 saturated carbocycles. The molecule has 0 fully saturated rings. The van der Waals surface area contributed by atoms with Crippen molar-refractivity contribution in [2.75, 3.05) is 6.61 Å². The van der Waals surface area contributed by atoms with Crippen molar-refractivity contribution < 1.29 is 33.0 Å². The smallest absolute Gasteiger partial charge is 0.471 e. The largest absolute Gasteiger partial charge is 0.480 e. The number of amides is 1. The molecular weight excluding hydrogens is 243 g/mol. The van der Waals surface area contributed by atoms with Gasteiger partial charge in [-0.15, -0.1) is 0 Å². The zero-order valence-corrected chi connectivity index (χ0v) is 9.36. The second-order valence-electron chi connectivity index (χ2n) is 3.47. The number of carboxylic acids is 1. The number of aliphatic carboxylic acids is 1. The highest BCUT2D eigenvalue weighted by atomic mass is 19.4. The number of aliphatic hydroxyl groups is 1. The Morgan fingerprint density at radius 3 is 2.06 bits per heavy atom. The quantitative estimate of drug-likeness (QED) is 0.757. The number of nitrogens with zero attached hydrogens (tertiary/aromatic N) is 1. The van der Waals surface area contributed by atoms with Gasteiger partial charge in [0.1, 0.15) is 6.04 Å². The maximum absolute atomic E-state index is 12.3. The first-order valence-electron chi connectivity index (χ1n) is 4.89. The van der Waals surface area contributed by atoms with Crippen molar-refractivity contribution >= 4 is 11.9 Å². The maximum Gasteiger partial charge on any atom is 0.471 e. The first-order chi connectivity index (χ1) is 7.66. The number of carboxylic acid groups (broad SMARTS) is 1. The van der Waals surface area contributed by atoms with Gasteiger partial charge in [0.15, 0.2) is 0 Å². The molecule has 0 aromatic rings. The molecular formula is C9H14F3NO4. The van der Waals surface area contributed by atoms with Gasteiger partial charge in [-0.1, -0.05) is 6.92 Å². The van der Waals surface area contributed by atoms with Gasteiger partial charge in [0.05, 0.1) is 12.6 Å². The Kier molecular flexibility index (Phi) is 5.40. The summed E-state index contributed by atoms with van der Waals surface area (Å²) in [6.45, 7) is 1.69. The second kappa shape index (κ2) is 5.85. The summed E-state index contributed by atoms with van der Waals surface area (Å²) >= 11 is 0. The molecule has 0 rings (SSSR count). The molecule has 0 aliphatic heterocycles. The molecule has 17 heavy (non-hydrogen) atoms. The molecule has 2 atom stereocenters. The average Bonchev–Trinajstić information content (AvgIpc) is 2.22. The Labute approximate surface area is 95.8 Å². The van der Waals surface area contributed by atoms with E-state index in [2.05, 4.69) is 0 Å². The summed E-state index contributed by atoms with van der Waals surface area (Å²) in [5.41, 5.74) is 0. The van der Waals surface area contributed by atoms with Crippen LogP contribution >= 0.6 is 0 Å². The average molecular weight is 257 g/mol. The molecule has 0 aliphatic rings. The van der Waals surface area contributed by atoms with Crippen LogP contribution in [-0.4, -0.2) is 51.9 Å². The standard InChI is InChI=1S/C9H14F3NO4/c1-3-6(4-14)13(5(2)7(15)16)8(17)9(10,11)12/h5-6,14H,3-4H2,1-2H3,(H,15,16). The molecule has 8 heteroatoms. The minimum absolute atomic E-state index is 0.0238. The van der Waals surface area contributed by atoms with Crippen LogP contribution in [0.4, 0.5) is 13.2 Å². The molecule has 2 N–H and O–H groups in total. The Hall–Kier alpha value is -1.31. The van der Waals surface area contributed by atoms with Gasteiger partial charge in [0.2, 0.25) is 0 Å². The van der Waals surface area contributed by atoms with E-state index >= 15 is 0 Å². The summed E-state index contributed by atoms with van der Waals surface area (Å²) in [6.07, 6.45) is -5.14. The number of aliphatic hydroxyl groups excluding tert-OH is 1. The number of carbonyl (C=O) groups is 2. The third-order valence-electron chi connectivity index (χ3n) is 2.33. The van der Waals surface area contributed by atoms with Gasteiger partial charge in [0.25, 0.3) is 0 Å². The van der Waals surface area contributed by atoms with E-state index in [1.54, 1.807) is 0 Å². The van der Waals surface area contributed by atoms with Crippen molar-refractivity contribution in [1.29, 1.82) is 0 Å². The van der Waals surface area contributed by atoms with Gasteiger partial charge in [-0.05, 0) is 13.3 Å². The lowest BCUT2D eigenvalue weighted by Gasteiger charge is -2.33. The van der Waals surface area contributed by atoms with Crippen molar-refractivity contribution in [2.45, 2.75) is 38.5 Å². The number of alkyl halides is 3. The Morgan fingerprint density at radius 2 is 1.82 bits per heavy atom. The molecule has 2 unspecified atom stereocenters. The molecule has 5 nitrogen and oxygen atoms in total. The SMILES string of the molecule is CCC(CO)N(C(=O)C(F)(F)F)C(C)C(=O)O. The van der Waals surface area contributed by atoms with E-state index in [1.165, 1.54) is 6.92 Å². The van der Waals surface area contributed by atoms with Crippen LogP contribution in [0.1, 0.15) is 20.3 Å². The van der Waals surface area contributed by atoms with Crippen LogP contribution in [0.5, 0.6) is 0 Å². The number of rotatable bonds is 5. The van der Waals surface area contributed by atoms with Crippen molar-refractivity contribution in [1.82, 2.24) is 4.90 Å². The maximum atomic E-state index is 12.3. The lowest BCUT2D eigenvalue weighted by molar-refractivity contribution is -0.193. The third-order valence-corrected chi connectivity index (χ3v) is 2.33. The topological polar surface area (TPSA) is 77.8 Å². The number of hydrogen-bond donors (Lipinski definition) is 2. The highest BCUT2D eigenvalue weighted by molar-refractivity contribution is 5.87. The fourth-order valence-electron chi connectivity index (χ4n) is 1.34. The van der Waals surface area contributed by atoms with Crippen LogP contribution < -0.4 is 0 Å². The Balaban J connectivity index is 5.24. The van der Waals surface area contributed by atoms with E-state index in [-0.39, 0.29) is 11.3 Å². The summed E-state index contributed by atoms with van der Waals surface area (Å²) in [4.78, 5) is 21.9. The minimum Gasteiger partial charge on any atom is -0.480 e. The van der Waals surface area contributed by atoms with Crippen LogP contribution in [0.15, 0.2) is 0 Å². The normalized spacial score (nSPS) is 15.2. The van der Waals surface area contributed by atoms with Gasteiger partial charge in [-0.25, -0.2) is 4.79 Å². The fourth-order valence-corrected chi connectivity index (χ4v) is 1.34. The molecule has 0 radical (unpaired) electrons. The fraction of sp³-hybridized carbons (Fsp3) is 0.778. The van der Waals surface area contributed by atoms with Crippen molar-refractivity contribution in [3.8, 4) is 0 Å². The summed E-state index contributed by atoms with van der Waals surface area (Å²) < 4.78 is 36.9. The van der Waals surface area contributed by atoms with Gasteiger partial charge in [-0.3, -0.25) is 4.79 Å². The van der Waals surface area contributed by atoms with Crippen LogP contribution in [0, 0.1) is 0 Å². The molecule has 0 spiro atoms. The van der Waals surface area contributed by atoms with Crippen LogP contribution in [0.3, 0.4) is 0 Å². The molecule has 0 aromatic carbocycles. The van der Waals surface area contributed by atoms with E-state index in [0.717, 1.165) is 6.92 Å². The first-order valence-corrected chi connectivity index (χ1v) is 4.89. The van der Waals surface area contributed by atoms with Crippen molar-refractivity contribution in [3.05, 3.63) is 0 Å². The van der Waals surface area contributed by atoms with Crippen LogP contribution in [0.2, 0.25) is 0 Å². The van der Waals surface area contributed by atoms with Gasteiger partial charge >= 0.3 is 18.1 Å². The van der Waals surface area contributed by atoms with Crippen molar-refractivity contribution in [2.24, 2.45) is 0 Å². The third kappa shape index (κ3) is 3.88. The van der Waals surface area contributed by atoms with Crippen LogP contribution in [-0.2, 0) is 9.59 Å². The molecule has 0 saturated heterocycles.